The Kier molecular flexibility index (Phi) is 3.88. The Bertz CT molecular complexity index is 309. The number of amides is 1. The highest BCUT2D eigenvalue weighted by Gasteiger charge is 2.05. The SMILES string of the molecule is CC(C)CC(=O)NCc1csc(N)n1. The molecule has 1 rings (SSSR count). The molecule has 0 fully saturated rings. The van der Waals surface area contributed by atoms with Gasteiger partial charge in [-0.1, -0.05) is 13.8 Å². The second-order valence-electron chi connectivity index (χ2n) is 3.55. The van der Waals surface area contributed by atoms with E-state index in [1.165, 1.54) is 11.3 Å². The number of nitrogens with two attached hydrogens (primary N) is 1. The number of carbonyl (C=O) groups is 1. The zero-order valence-corrected chi connectivity index (χ0v) is 9.23. The monoisotopic (exact) mass is 213 g/mol. The number of nitrogens with one attached hydrogen (secondary N) is 1. The summed E-state index contributed by atoms with van der Waals surface area (Å²) in [5, 5.41) is 5.19. The molecule has 14 heavy (non-hydrogen) atoms. The van der Waals surface area contributed by atoms with E-state index in [4.69, 9.17) is 5.73 Å². The molecule has 0 spiro atoms. The molecule has 5 heteroatoms. The maximum absolute atomic E-state index is 11.3. The van der Waals surface area contributed by atoms with Crippen LogP contribution < -0.4 is 11.1 Å². The summed E-state index contributed by atoms with van der Waals surface area (Å²) < 4.78 is 0. The molecule has 0 radical (unpaired) electrons. The van der Waals surface area contributed by atoms with Crippen LogP contribution in [-0.4, -0.2) is 10.9 Å². The van der Waals surface area contributed by atoms with Crippen LogP contribution in [0.3, 0.4) is 0 Å². The Morgan fingerprint density at radius 2 is 2.43 bits per heavy atom. The smallest absolute Gasteiger partial charge is 0.220 e. The van der Waals surface area contributed by atoms with Crippen LogP contribution in [0.1, 0.15) is 26.0 Å². The lowest BCUT2D eigenvalue weighted by molar-refractivity contribution is -0.121. The van der Waals surface area contributed by atoms with E-state index in [2.05, 4.69) is 10.3 Å². The van der Waals surface area contributed by atoms with Gasteiger partial charge in [-0.15, -0.1) is 11.3 Å². The molecule has 0 aliphatic heterocycles. The first-order valence-electron chi connectivity index (χ1n) is 4.54. The van der Waals surface area contributed by atoms with Crippen LogP contribution in [0, 0.1) is 5.92 Å². The number of carbonyl (C=O) groups excluding carboxylic acids is 1. The molecule has 0 saturated carbocycles. The van der Waals surface area contributed by atoms with Crippen molar-refractivity contribution in [3.63, 3.8) is 0 Å². The largest absolute Gasteiger partial charge is 0.375 e. The van der Waals surface area contributed by atoms with Gasteiger partial charge in [0.25, 0.3) is 0 Å². The second-order valence-corrected chi connectivity index (χ2v) is 4.44. The minimum atomic E-state index is 0.0616. The van der Waals surface area contributed by atoms with Gasteiger partial charge in [0.05, 0.1) is 12.2 Å². The minimum Gasteiger partial charge on any atom is -0.375 e. The minimum absolute atomic E-state index is 0.0616. The van der Waals surface area contributed by atoms with Crippen LogP contribution in [0.4, 0.5) is 5.13 Å². The number of hydrogen-bond donors (Lipinski definition) is 2. The van der Waals surface area contributed by atoms with E-state index >= 15 is 0 Å². The molecule has 0 aliphatic carbocycles. The van der Waals surface area contributed by atoms with Crippen molar-refractivity contribution in [1.82, 2.24) is 10.3 Å². The first-order valence-corrected chi connectivity index (χ1v) is 5.42. The van der Waals surface area contributed by atoms with Gasteiger partial charge in [-0.25, -0.2) is 4.98 Å². The van der Waals surface area contributed by atoms with E-state index < -0.39 is 0 Å². The molecule has 0 aromatic carbocycles. The van der Waals surface area contributed by atoms with Crippen molar-refractivity contribution in [2.24, 2.45) is 5.92 Å². The highest BCUT2D eigenvalue weighted by atomic mass is 32.1. The van der Waals surface area contributed by atoms with Crippen LogP contribution >= 0.6 is 11.3 Å². The standard InChI is InChI=1S/C9H15N3OS/c1-6(2)3-8(13)11-4-7-5-14-9(10)12-7/h5-6H,3-4H2,1-2H3,(H2,10,12)(H,11,13). The van der Waals surface area contributed by atoms with Gasteiger partial charge in [0.2, 0.25) is 5.91 Å². The van der Waals surface area contributed by atoms with Crippen molar-refractivity contribution in [3.8, 4) is 0 Å². The Balaban J connectivity index is 2.30. The Morgan fingerprint density at radius 1 is 1.71 bits per heavy atom. The van der Waals surface area contributed by atoms with E-state index in [1.807, 2.05) is 19.2 Å². The predicted molar refractivity (Wildman–Crippen MR) is 57.8 cm³/mol. The predicted octanol–water partition coefficient (Wildman–Crippen LogP) is 1.39. The van der Waals surface area contributed by atoms with Gasteiger partial charge in [-0.05, 0) is 5.92 Å². The maximum Gasteiger partial charge on any atom is 0.220 e. The molecule has 0 aliphatic rings. The molecule has 0 atom stereocenters. The summed E-state index contributed by atoms with van der Waals surface area (Å²) in [7, 11) is 0. The quantitative estimate of drug-likeness (QED) is 0.794. The fourth-order valence-corrected chi connectivity index (χ4v) is 1.60. The van der Waals surface area contributed by atoms with Crippen LogP contribution in [0.2, 0.25) is 0 Å². The first-order chi connectivity index (χ1) is 6.58. The molecule has 4 nitrogen and oxygen atoms in total. The summed E-state index contributed by atoms with van der Waals surface area (Å²) in [6, 6.07) is 0. The van der Waals surface area contributed by atoms with Crippen LogP contribution in [0.15, 0.2) is 5.38 Å². The molecule has 3 N–H and O–H groups in total. The van der Waals surface area contributed by atoms with Gasteiger partial charge in [-0.2, -0.15) is 0 Å². The fraction of sp³-hybridized carbons (Fsp3) is 0.556. The number of hydrogen-bond acceptors (Lipinski definition) is 4. The number of rotatable bonds is 4. The van der Waals surface area contributed by atoms with E-state index in [0.717, 1.165) is 5.69 Å². The summed E-state index contributed by atoms with van der Waals surface area (Å²) in [5.41, 5.74) is 6.28. The lowest BCUT2D eigenvalue weighted by Crippen LogP contribution is -2.24. The third kappa shape index (κ3) is 3.74. The summed E-state index contributed by atoms with van der Waals surface area (Å²) in [5.74, 6) is 0.446. The van der Waals surface area contributed by atoms with Crippen molar-refractivity contribution in [2.75, 3.05) is 5.73 Å². The van der Waals surface area contributed by atoms with Crippen LogP contribution in [-0.2, 0) is 11.3 Å². The highest BCUT2D eigenvalue weighted by molar-refractivity contribution is 7.13. The summed E-state index contributed by atoms with van der Waals surface area (Å²) in [6.45, 7) is 4.50. The van der Waals surface area contributed by atoms with Crippen LogP contribution in [0.5, 0.6) is 0 Å². The van der Waals surface area contributed by atoms with E-state index in [9.17, 15) is 4.79 Å². The van der Waals surface area contributed by atoms with Crippen LogP contribution in [0.25, 0.3) is 0 Å². The van der Waals surface area contributed by atoms with Gasteiger partial charge in [-0.3, -0.25) is 4.79 Å². The molecule has 1 amide bonds. The molecular formula is C9H15N3OS. The fourth-order valence-electron chi connectivity index (χ4n) is 1.04. The Morgan fingerprint density at radius 3 is 2.93 bits per heavy atom. The summed E-state index contributed by atoms with van der Waals surface area (Å²) >= 11 is 1.39. The van der Waals surface area contributed by atoms with Gasteiger partial charge >= 0.3 is 0 Å². The molecule has 0 bridgehead atoms. The molecule has 0 unspecified atom stereocenters. The number of nitrogen functional groups attached to an aromatic ring is 1. The topological polar surface area (TPSA) is 68.0 Å². The number of anilines is 1. The zero-order valence-electron chi connectivity index (χ0n) is 8.41. The third-order valence-corrected chi connectivity index (χ3v) is 2.35. The Labute approximate surface area is 87.5 Å². The summed E-state index contributed by atoms with van der Waals surface area (Å²) in [6.07, 6.45) is 0.555. The molecule has 78 valence electrons. The molecule has 1 heterocycles. The molecular weight excluding hydrogens is 198 g/mol. The number of nitrogens with zero attached hydrogens (tertiary/aromatic N) is 1. The molecule has 1 aromatic heterocycles. The average Bonchev–Trinajstić information content (AvgIpc) is 2.47. The molecule has 0 saturated heterocycles. The average molecular weight is 213 g/mol. The van der Waals surface area contributed by atoms with Gasteiger partial charge < -0.3 is 11.1 Å². The van der Waals surface area contributed by atoms with E-state index in [-0.39, 0.29) is 5.91 Å². The van der Waals surface area contributed by atoms with Crippen molar-refractivity contribution in [2.45, 2.75) is 26.8 Å². The highest BCUT2D eigenvalue weighted by Crippen LogP contribution is 2.10. The van der Waals surface area contributed by atoms with Gasteiger partial charge in [0.15, 0.2) is 5.13 Å². The van der Waals surface area contributed by atoms with Gasteiger partial charge in [0.1, 0.15) is 0 Å². The van der Waals surface area contributed by atoms with Crippen molar-refractivity contribution in [3.05, 3.63) is 11.1 Å². The Hall–Kier alpha value is -1.10. The van der Waals surface area contributed by atoms with Gasteiger partial charge in [0, 0.05) is 11.8 Å². The lowest BCUT2D eigenvalue weighted by Gasteiger charge is -2.04. The molecule has 1 aromatic rings. The van der Waals surface area contributed by atoms with E-state index in [1.54, 1.807) is 0 Å². The third-order valence-electron chi connectivity index (χ3n) is 1.63. The number of aromatic nitrogens is 1. The van der Waals surface area contributed by atoms with Crippen molar-refractivity contribution in [1.29, 1.82) is 0 Å². The second kappa shape index (κ2) is 4.95. The first kappa shape index (κ1) is 11.0. The van der Waals surface area contributed by atoms with Crippen molar-refractivity contribution >= 4 is 22.4 Å². The lowest BCUT2D eigenvalue weighted by atomic mass is 10.1. The summed E-state index contributed by atoms with van der Waals surface area (Å²) in [4.78, 5) is 15.3. The van der Waals surface area contributed by atoms with Crippen molar-refractivity contribution < 1.29 is 4.79 Å². The normalized spacial score (nSPS) is 10.5. The number of thiazole rings is 1. The zero-order chi connectivity index (χ0) is 10.6. The maximum atomic E-state index is 11.3. The van der Waals surface area contributed by atoms with E-state index in [0.29, 0.717) is 24.0 Å².